The van der Waals surface area contributed by atoms with Crippen molar-refractivity contribution in [1.29, 1.82) is 0 Å². The SMILES string of the molecule is CC(C)c1cc(F)cc(C(C)C)c1CC(=O)NS(=O)c1ccc(C(C)(C)O)nc1. The first-order valence-electron chi connectivity index (χ1n) is 9.62. The molecule has 29 heavy (non-hydrogen) atoms. The molecule has 1 aromatic carbocycles. The van der Waals surface area contributed by atoms with E-state index in [-0.39, 0.29) is 24.1 Å². The summed E-state index contributed by atoms with van der Waals surface area (Å²) in [5.41, 5.74) is 1.68. The zero-order chi connectivity index (χ0) is 21.9. The van der Waals surface area contributed by atoms with Gasteiger partial charge in [-0.2, -0.15) is 0 Å². The minimum atomic E-state index is -1.78. The van der Waals surface area contributed by atoms with E-state index in [1.165, 1.54) is 18.3 Å². The highest BCUT2D eigenvalue weighted by atomic mass is 32.2. The molecule has 2 N–H and O–H groups in total. The molecule has 0 radical (unpaired) electrons. The molecule has 0 aliphatic rings. The molecule has 0 fully saturated rings. The van der Waals surface area contributed by atoms with Gasteiger partial charge in [0.1, 0.15) is 11.4 Å². The molecule has 0 bridgehead atoms. The third-order valence-electron chi connectivity index (χ3n) is 4.65. The number of hydrogen-bond donors (Lipinski definition) is 2. The van der Waals surface area contributed by atoms with Crippen LogP contribution in [-0.2, 0) is 27.8 Å². The van der Waals surface area contributed by atoms with Gasteiger partial charge in [0.15, 0.2) is 11.0 Å². The van der Waals surface area contributed by atoms with Crippen molar-refractivity contribution >= 4 is 16.9 Å². The van der Waals surface area contributed by atoms with Gasteiger partial charge in [0.2, 0.25) is 5.91 Å². The van der Waals surface area contributed by atoms with Gasteiger partial charge in [-0.05, 0) is 66.6 Å². The number of carbonyl (C=O) groups excluding carboxylic acids is 1. The molecule has 1 heterocycles. The Morgan fingerprint density at radius 2 is 1.72 bits per heavy atom. The number of pyridine rings is 1. The number of rotatable bonds is 7. The monoisotopic (exact) mass is 420 g/mol. The third kappa shape index (κ3) is 5.93. The smallest absolute Gasteiger partial charge is 0.236 e. The molecule has 0 aliphatic heterocycles. The van der Waals surface area contributed by atoms with E-state index in [0.29, 0.717) is 10.6 Å². The second-order valence-electron chi connectivity index (χ2n) is 8.28. The summed E-state index contributed by atoms with van der Waals surface area (Å²) in [6.45, 7) is 11.0. The second-order valence-corrected chi connectivity index (χ2v) is 9.49. The Morgan fingerprint density at radius 1 is 1.17 bits per heavy atom. The summed E-state index contributed by atoms with van der Waals surface area (Å²) in [6, 6.07) is 6.07. The zero-order valence-corrected chi connectivity index (χ0v) is 18.6. The number of carbonyl (C=O) groups is 1. The van der Waals surface area contributed by atoms with E-state index in [0.717, 1.165) is 16.7 Å². The highest BCUT2D eigenvalue weighted by Crippen LogP contribution is 2.29. The van der Waals surface area contributed by atoms with Crippen molar-refractivity contribution in [3.63, 3.8) is 0 Å². The van der Waals surface area contributed by atoms with E-state index in [9.17, 15) is 18.5 Å². The average Bonchev–Trinajstić information content (AvgIpc) is 2.61. The minimum absolute atomic E-state index is 0.0161. The number of aliphatic hydroxyl groups is 1. The molecule has 0 saturated heterocycles. The van der Waals surface area contributed by atoms with Crippen LogP contribution in [0.3, 0.4) is 0 Å². The Hall–Kier alpha value is -2.12. The Labute approximate surface area is 174 Å². The number of hydrogen-bond acceptors (Lipinski definition) is 4. The van der Waals surface area contributed by atoms with Gasteiger partial charge in [0.05, 0.1) is 17.0 Å². The highest BCUT2D eigenvalue weighted by Gasteiger charge is 2.21. The average molecular weight is 421 g/mol. The molecule has 0 saturated carbocycles. The Balaban J connectivity index is 2.22. The van der Waals surface area contributed by atoms with Crippen LogP contribution in [0.15, 0.2) is 35.4 Å². The van der Waals surface area contributed by atoms with Crippen LogP contribution in [0.4, 0.5) is 4.39 Å². The maximum absolute atomic E-state index is 14.0. The van der Waals surface area contributed by atoms with E-state index in [4.69, 9.17) is 0 Å². The summed E-state index contributed by atoms with van der Waals surface area (Å²) in [4.78, 5) is 17.0. The quantitative estimate of drug-likeness (QED) is 0.707. The van der Waals surface area contributed by atoms with Crippen molar-refractivity contribution in [2.24, 2.45) is 0 Å². The largest absolute Gasteiger partial charge is 0.384 e. The predicted molar refractivity (Wildman–Crippen MR) is 112 cm³/mol. The third-order valence-corrected chi connectivity index (χ3v) is 5.73. The molecule has 1 amide bonds. The van der Waals surface area contributed by atoms with E-state index >= 15 is 0 Å². The molecular weight excluding hydrogens is 391 g/mol. The summed E-state index contributed by atoms with van der Waals surface area (Å²) in [7, 11) is -1.78. The lowest BCUT2D eigenvalue weighted by Crippen LogP contribution is -2.28. The maximum atomic E-state index is 14.0. The molecule has 1 unspecified atom stereocenters. The van der Waals surface area contributed by atoms with Crippen molar-refractivity contribution in [1.82, 2.24) is 9.71 Å². The number of nitrogens with zero attached hydrogens (tertiary/aromatic N) is 1. The van der Waals surface area contributed by atoms with E-state index in [1.807, 2.05) is 27.7 Å². The standard InChI is InChI=1S/C22H29FN2O3S/c1-13(2)17-9-15(23)10-18(14(3)4)19(17)11-21(26)25-29(28)16-7-8-20(24-12-16)22(5,6)27/h7-10,12-14,27H,11H2,1-6H3,(H,25,26). The van der Waals surface area contributed by atoms with E-state index in [2.05, 4.69) is 9.71 Å². The first-order chi connectivity index (χ1) is 13.4. The number of benzene rings is 1. The molecular formula is C22H29FN2O3S. The normalized spacial score (nSPS) is 13.0. The molecule has 0 spiro atoms. The summed E-state index contributed by atoms with van der Waals surface area (Å²) >= 11 is 0. The lowest BCUT2D eigenvalue weighted by molar-refractivity contribution is -0.118. The molecule has 2 aromatic rings. The van der Waals surface area contributed by atoms with Crippen LogP contribution in [0.5, 0.6) is 0 Å². The van der Waals surface area contributed by atoms with Crippen molar-refractivity contribution in [2.75, 3.05) is 0 Å². The Kier molecular flexibility index (Phi) is 7.30. The summed E-state index contributed by atoms with van der Waals surface area (Å²) in [5.74, 6) is -0.626. The second kappa shape index (κ2) is 9.13. The van der Waals surface area contributed by atoms with Gasteiger partial charge in [-0.15, -0.1) is 0 Å². The fourth-order valence-corrected chi connectivity index (χ4v) is 3.86. The molecule has 158 valence electrons. The van der Waals surface area contributed by atoms with Gasteiger partial charge in [0, 0.05) is 6.20 Å². The van der Waals surface area contributed by atoms with Crippen LogP contribution < -0.4 is 4.72 Å². The van der Waals surface area contributed by atoms with Gasteiger partial charge in [-0.1, -0.05) is 27.7 Å². The van der Waals surface area contributed by atoms with Crippen molar-refractivity contribution < 1.29 is 18.5 Å². The minimum Gasteiger partial charge on any atom is -0.384 e. The summed E-state index contributed by atoms with van der Waals surface area (Å²) in [5, 5.41) is 9.95. The number of amides is 1. The topological polar surface area (TPSA) is 79.3 Å². The first-order valence-corrected chi connectivity index (χ1v) is 10.8. The molecule has 0 aliphatic carbocycles. The van der Waals surface area contributed by atoms with Crippen LogP contribution in [0.2, 0.25) is 0 Å². The fourth-order valence-electron chi connectivity index (χ4n) is 3.12. The van der Waals surface area contributed by atoms with E-state index in [1.54, 1.807) is 26.0 Å². The predicted octanol–water partition coefficient (Wildman–Crippen LogP) is 4.08. The molecule has 1 aromatic heterocycles. The number of aromatic nitrogens is 1. The van der Waals surface area contributed by atoms with Gasteiger partial charge in [-0.3, -0.25) is 14.5 Å². The molecule has 5 nitrogen and oxygen atoms in total. The number of nitrogens with one attached hydrogen (secondary N) is 1. The first kappa shape index (κ1) is 23.2. The van der Waals surface area contributed by atoms with Crippen LogP contribution >= 0.6 is 0 Å². The van der Waals surface area contributed by atoms with Crippen LogP contribution in [0.25, 0.3) is 0 Å². The molecule has 2 rings (SSSR count). The lowest BCUT2D eigenvalue weighted by Gasteiger charge is -2.20. The number of halogens is 1. The zero-order valence-electron chi connectivity index (χ0n) is 17.7. The molecule has 1 atom stereocenters. The Morgan fingerprint density at radius 3 is 2.14 bits per heavy atom. The highest BCUT2D eigenvalue weighted by molar-refractivity contribution is 7.83. The van der Waals surface area contributed by atoms with Crippen molar-refractivity contribution in [2.45, 2.75) is 70.3 Å². The van der Waals surface area contributed by atoms with Crippen LogP contribution in [-0.4, -0.2) is 20.2 Å². The van der Waals surface area contributed by atoms with Gasteiger partial charge < -0.3 is 5.11 Å². The Bertz CT molecular complexity index is 874. The lowest BCUT2D eigenvalue weighted by atomic mass is 9.87. The van der Waals surface area contributed by atoms with Crippen LogP contribution in [0.1, 0.15) is 75.8 Å². The summed E-state index contributed by atoms with van der Waals surface area (Å²) < 4.78 is 29.0. The van der Waals surface area contributed by atoms with E-state index < -0.39 is 22.5 Å². The van der Waals surface area contributed by atoms with Crippen molar-refractivity contribution in [3.8, 4) is 0 Å². The van der Waals surface area contributed by atoms with Gasteiger partial charge >= 0.3 is 0 Å². The maximum Gasteiger partial charge on any atom is 0.236 e. The summed E-state index contributed by atoms with van der Waals surface area (Å²) in [6.07, 6.45) is 1.39. The fraction of sp³-hybridized carbons (Fsp3) is 0.455. The van der Waals surface area contributed by atoms with Gasteiger partial charge in [-0.25, -0.2) is 8.60 Å². The van der Waals surface area contributed by atoms with Gasteiger partial charge in [0.25, 0.3) is 0 Å². The molecule has 7 heteroatoms. The van der Waals surface area contributed by atoms with Crippen LogP contribution in [0, 0.1) is 5.82 Å². The van der Waals surface area contributed by atoms with Crippen molar-refractivity contribution in [3.05, 3.63) is 58.7 Å².